The maximum Gasteiger partial charge on any atom is 0.237 e. The van der Waals surface area contributed by atoms with E-state index < -0.39 is 0 Å². The molecule has 0 spiro atoms. The van der Waals surface area contributed by atoms with E-state index in [9.17, 15) is 0 Å². The molecule has 0 aromatic heterocycles. The molecule has 1 aliphatic carbocycles. The maximum atomic E-state index is 2.33. The molecule has 14 heavy (non-hydrogen) atoms. The lowest BCUT2D eigenvalue weighted by atomic mass is 10.3. The average molecular weight is 208 g/mol. The van der Waals surface area contributed by atoms with Crippen LogP contribution in [0.2, 0.25) is 10.6 Å². The lowest BCUT2D eigenvalue weighted by molar-refractivity contribution is 0.700. The van der Waals surface area contributed by atoms with E-state index in [0.29, 0.717) is 15.2 Å². The molecule has 0 saturated heterocycles. The summed E-state index contributed by atoms with van der Waals surface area (Å²) in [5.74, 6) is 1.91. The van der Waals surface area contributed by atoms with E-state index in [2.05, 4.69) is 52.0 Å². The lowest BCUT2D eigenvalue weighted by Gasteiger charge is -2.03. The van der Waals surface area contributed by atoms with Gasteiger partial charge in [0.15, 0.2) is 0 Å². The highest BCUT2D eigenvalue weighted by Crippen LogP contribution is 2.05. The first-order valence-electron chi connectivity index (χ1n) is 5.94. The molecule has 0 unspecified atom stereocenters. The van der Waals surface area contributed by atoms with Crippen LogP contribution in [0, 0.1) is 11.8 Å². The molecule has 1 heteroatoms. The zero-order chi connectivity index (χ0) is 10.8. The van der Waals surface area contributed by atoms with Crippen LogP contribution in [-0.4, -0.2) is 15.2 Å². The summed E-state index contributed by atoms with van der Waals surface area (Å²) < 4.78 is 0. The molecule has 0 aromatic rings. The lowest BCUT2D eigenvalue weighted by Crippen LogP contribution is -1.99. The van der Waals surface area contributed by atoms with E-state index in [1.807, 2.05) is 0 Å². The molecule has 0 N–H and O–H groups in total. The third-order valence-corrected chi connectivity index (χ3v) is 5.34. The summed E-state index contributed by atoms with van der Waals surface area (Å²) in [6.45, 7) is 9.31. The van der Waals surface area contributed by atoms with Crippen molar-refractivity contribution in [2.24, 2.45) is 11.8 Å². The number of hydrogen-bond donors (Lipinski definition) is 0. The van der Waals surface area contributed by atoms with Gasteiger partial charge in [-0.2, -0.15) is 0 Å². The predicted octanol–water partition coefficient (Wildman–Crippen LogP) is 4.07. The van der Waals surface area contributed by atoms with Crippen molar-refractivity contribution in [3.8, 4) is 0 Å². The first-order chi connectivity index (χ1) is 6.63. The standard InChI is InChI=1S/C5H6.2C4H9.Al.H/c1-2-4-5-3-1;2*1-4(2)3;;/h1-4H,5H2;2*4H,1H2,2-3H3;;. The van der Waals surface area contributed by atoms with Crippen LogP contribution in [0.25, 0.3) is 0 Å². The van der Waals surface area contributed by atoms with E-state index in [0.717, 1.165) is 18.3 Å². The highest BCUT2D eigenvalue weighted by molar-refractivity contribution is 6.35. The Bertz CT molecular complexity index is 148. The normalized spacial score (nSPS) is 13.3. The highest BCUT2D eigenvalue weighted by atomic mass is 27.1. The first kappa shape index (κ1) is 14.0. The fraction of sp³-hybridized carbons (Fsp3) is 0.692. The van der Waals surface area contributed by atoms with Gasteiger partial charge in [-0.3, -0.25) is 0 Å². The predicted molar refractivity (Wildman–Crippen MR) is 69.3 cm³/mol. The second-order valence-corrected chi connectivity index (χ2v) is 6.67. The van der Waals surface area contributed by atoms with Gasteiger partial charge in [0.05, 0.1) is 0 Å². The second kappa shape index (κ2) is 9.56. The van der Waals surface area contributed by atoms with Gasteiger partial charge in [0.2, 0.25) is 15.2 Å². The van der Waals surface area contributed by atoms with Crippen LogP contribution in [0.4, 0.5) is 0 Å². The van der Waals surface area contributed by atoms with Crippen LogP contribution in [-0.2, 0) is 0 Å². The second-order valence-electron chi connectivity index (χ2n) is 4.81. The van der Waals surface area contributed by atoms with Gasteiger partial charge < -0.3 is 0 Å². The SMILES string of the molecule is C1=CCC=C1.CC(C)[CH2][AlH][CH2]C(C)C. The molecular weight excluding hydrogens is 183 g/mol. The number of rotatable bonds is 4. The Balaban J connectivity index is 0.000000280. The molecule has 0 aliphatic heterocycles. The Morgan fingerprint density at radius 3 is 1.57 bits per heavy atom. The van der Waals surface area contributed by atoms with Gasteiger partial charge in [0, 0.05) is 0 Å². The van der Waals surface area contributed by atoms with Crippen LogP contribution < -0.4 is 0 Å². The zero-order valence-corrected chi connectivity index (χ0v) is 11.7. The van der Waals surface area contributed by atoms with Crippen molar-refractivity contribution in [2.45, 2.75) is 44.7 Å². The van der Waals surface area contributed by atoms with Gasteiger partial charge in [0.25, 0.3) is 0 Å². The fourth-order valence-electron chi connectivity index (χ4n) is 1.33. The van der Waals surface area contributed by atoms with Crippen molar-refractivity contribution in [3.05, 3.63) is 24.3 Å². The molecule has 0 fully saturated rings. The van der Waals surface area contributed by atoms with Gasteiger partial charge in [-0.15, -0.1) is 0 Å². The zero-order valence-electron chi connectivity index (χ0n) is 10.3. The fourth-order valence-corrected chi connectivity index (χ4v) is 3.20. The van der Waals surface area contributed by atoms with Gasteiger partial charge >= 0.3 is 0 Å². The van der Waals surface area contributed by atoms with Gasteiger partial charge in [0.1, 0.15) is 0 Å². The Kier molecular flexibility index (Phi) is 9.57. The Morgan fingerprint density at radius 1 is 0.929 bits per heavy atom. The van der Waals surface area contributed by atoms with Gasteiger partial charge in [-0.05, 0) is 6.42 Å². The summed E-state index contributed by atoms with van der Waals surface area (Å²) >= 11 is 0.316. The number of hydrogen-bond acceptors (Lipinski definition) is 0. The van der Waals surface area contributed by atoms with E-state index in [1.165, 1.54) is 10.6 Å². The molecule has 1 aliphatic rings. The summed E-state index contributed by atoms with van der Waals surface area (Å²) in [5.41, 5.74) is 0. The van der Waals surface area contributed by atoms with Gasteiger partial charge in [-0.1, -0.05) is 74.4 Å². The molecule has 0 aromatic carbocycles. The topological polar surface area (TPSA) is 0 Å². The minimum Gasteiger partial charge on any atom is -0.0950 e. The van der Waals surface area contributed by atoms with Crippen molar-refractivity contribution in [1.82, 2.24) is 0 Å². The highest BCUT2D eigenvalue weighted by Gasteiger charge is 1.99. The minimum atomic E-state index is 0.316. The molecule has 0 bridgehead atoms. The number of allylic oxidation sites excluding steroid dienone is 4. The van der Waals surface area contributed by atoms with Crippen molar-refractivity contribution in [1.29, 1.82) is 0 Å². The van der Waals surface area contributed by atoms with Crippen molar-refractivity contribution < 1.29 is 0 Å². The monoisotopic (exact) mass is 208 g/mol. The molecule has 0 radical (unpaired) electrons. The smallest absolute Gasteiger partial charge is 0.0950 e. The Hall–Kier alpha value is 0.0125. The minimum absolute atomic E-state index is 0.316. The van der Waals surface area contributed by atoms with Gasteiger partial charge in [-0.25, -0.2) is 0 Å². The Morgan fingerprint density at radius 2 is 1.36 bits per heavy atom. The quantitative estimate of drug-likeness (QED) is 0.611. The third-order valence-electron chi connectivity index (χ3n) is 2.22. The molecule has 80 valence electrons. The van der Waals surface area contributed by atoms with Crippen molar-refractivity contribution in [2.75, 3.05) is 0 Å². The first-order valence-corrected chi connectivity index (χ1v) is 7.94. The summed E-state index contributed by atoms with van der Waals surface area (Å²) in [6.07, 6.45) is 9.50. The van der Waals surface area contributed by atoms with Crippen molar-refractivity contribution >= 4 is 15.2 Å². The molecule has 1 rings (SSSR count). The van der Waals surface area contributed by atoms with Crippen LogP contribution in [0.15, 0.2) is 24.3 Å². The average Bonchev–Trinajstić information content (AvgIpc) is 2.58. The molecule has 0 nitrogen and oxygen atoms in total. The Labute approximate surface area is 96.2 Å². The van der Waals surface area contributed by atoms with Crippen LogP contribution in [0.5, 0.6) is 0 Å². The van der Waals surface area contributed by atoms with Crippen LogP contribution in [0.3, 0.4) is 0 Å². The largest absolute Gasteiger partial charge is 0.237 e. The molecule has 0 atom stereocenters. The summed E-state index contributed by atoms with van der Waals surface area (Å²) in [7, 11) is 0. The van der Waals surface area contributed by atoms with Crippen LogP contribution in [0.1, 0.15) is 34.1 Å². The molecule has 0 heterocycles. The summed E-state index contributed by atoms with van der Waals surface area (Å²) in [6, 6.07) is 0. The van der Waals surface area contributed by atoms with E-state index in [-0.39, 0.29) is 0 Å². The van der Waals surface area contributed by atoms with Crippen molar-refractivity contribution in [3.63, 3.8) is 0 Å². The van der Waals surface area contributed by atoms with Crippen LogP contribution >= 0.6 is 0 Å². The third kappa shape index (κ3) is 12.0. The molecule has 0 amide bonds. The summed E-state index contributed by atoms with van der Waals surface area (Å²) in [4.78, 5) is 0. The van der Waals surface area contributed by atoms with E-state index in [4.69, 9.17) is 0 Å². The summed E-state index contributed by atoms with van der Waals surface area (Å²) in [5, 5.41) is 3.08. The molecular formula is C13H25Al. The molecule has 0 saturated carbocycles. The van der Waals surface area contributed by atoms with E-state index >= 15 is 0 Å². The maximum absolute atomic E-state index is 2.33. The van der Waals surface area contributed by atoms with E-state index in [1.54, 1.807) is 0 Å².